The molecule has 0 saturated carbocycles. The highest BCUT2D eigenvalue weighted by Crippen LogP contribution is 2.08. The zero-order valence-corrected chi connectivity index (χ0v) is 14.2. The van der Waals surface area contributed by atoms with Gasteiger partial charge in [0.15, 0.2) is 0 Å². The summed E-state index contributed by atoms with van der Waals surface area (Å²) >= 11 is 0. The first kappa shape index (κ1) is 18.4. The Kier molecular flexibility index (Phi) is 7.62. The van der Waals surface area contributed by atoms with E-state index in [2.05, 4.69) is 25.0 Å². The third kappa shape index (κ3) is 12.2. The second kappa shape index (κ2) is 7.87. The van der Waals surface area contributed by atoms with Gasteiger partial charge in [0, 0.05) is 14.6 Å². The van der Waals surface area contributed by atoms with Crippen LogP contribution in [0.1, 0.15) is 20.8 Å². The summed E-state index contributed by atoms with van der Waals surface area (Å²) in [5.41, 5.74) is 5.37. The van der Waals surface area contributed by atoms with Gasteiger partial charge in [0.2, 0.25) is 0 Å². The van der Waals surface area contributed by atoms with Gasteiger partial charge in [0.25, 0.3) is 0 Å². The summed E-state index contributed by atoms with van der Waals surface area (Å²) in [7, 11) is -1.17. The Balaban J connectivity index is 3.94. The Morgan fingerprint density at radius 2 is 1.89 bits per heavy atom. The Morgan fingerprint density at radius 1 is 1.32 bits per heavy atom. The number of carbonyl (C=O) groups excluding carboxylic acids is 1. The molecular weight excluding hydrogens is 260 g/mol. The molecule has 3 N–H and O–H groups in total. The zero-order valence-electron chi connectivity index (χ0n) is 13.2. The molecule has 0 aliphatic rings. The number of ether oxygens (including phenoxy) is 2. The molecule has 0 bridgehead atoms. The quantitative estimate of drug-likeness (QED) is 0.705. The van der Waals surface area contributed by atoms with E-state index >= 15 is 0 Å². The minimum Gasteiger partial charge on any atom is -0.450 e. The molecule has 0 fully saturated rings. The van der Waals surface area contributed by atoms with Gasteiger partial charge in [-0.15, -0.1) is 0 Å². The maximum atomic E-state index is 11.6. The molecule has 5 nitrogen and oxygen atoms in total. The number of alkyl carbamates (subject to hydrolysis) is 1. The average Bonchev–Trinajstić information content (AvgIpc) is 2.21. The molecule has 19 heavy (non-hydrogen) atoms. The van der Waals surface area contributed by atoms with Crippen molar-refractivity contribution in [2.75, 3.05) is 19.8 Å². The van der Waals surface area contributed by atoms with Crippen LogP contribution >= 0.6 is 0 Å². The summed E-state index contributed by atoms with van der Waals surface area (Å²) in [6.45, 7) is 13.8. The van der Waals surface area contributed by atoms with Crippen LogP contribution in [0.15, 0.2) is 0 Å². The summed E-state index contributed by atoms with van der Waals surface area (Å²) in [5.74, 6) is 0. The van der Waals surface area contributed by atoms with Crippen LogP contribution in [0.25, 0.3) is 0 Å². The lowest BCUT2D eigenvalue weighted by Gasteiger charge is -2.24. The second-order valence-corrected chi connectivity index (χ2v) is 12.6. The minimum absolute atomic E-state index is 0.210. The summed E-state index contributed by atoms with van der Waals surface area (Å²) < 4.78 is 10.8. The maximum Gasteiger partial charge on any atom is 0.407 e. The first-order valence-corrected chi connectivity index (χ1v) is 10.5. The molecule has 0 aromatic carbocycles. The lowest BCUT2D eigenvalue weighted by atomic mass is 10.2. The van der Waals surface area contributed by atoms with Crippen molar-refractivity contribution in [1.29, 1.82) is 0 Å². The molecule has 0 aromatic heterocycles. The van der Waals surface area contributed by atoms with Crippen molar-refractivity contribution in [2.45, 2.75) is 58.1 Å². The Labute approximate surface area is 118 Å². The largest absolute Gasteiger partial charge is 0.450 e. The van der Waals surface area contributed by atoms with E-state index in [4.69, 9.17) is 15.2 Å². The SMILES string of the molecule is CC(C)(C)OCC(CN)NC(=O)OCC[Si](C)(C)C. The third-order valence-corrected chi connectivity index (χ3v) is 4.11. The summed E-state index contributed by atoms with van der Waals surface area (Å²) in [6, 6.07) is 0.755. The van der Waals surface area contributed by atoms with E-state index in [0.29, 0.717) is 19.8 Å². The van der Waals surface area contributed by atoms with Crippen molar-refractivity contribution >= 4 is 14.2 Å². The number of nitrogens with one attached hydrogen (secondary N) is 1. The predicted molar refractivity (Wildman–Crippen MR) is 81.2 cm³/mol. The highest BCUT2D eigenvalue weighted by atomic mass is 28.3. The normalized spacial score (nSPS) is 14.1. The molecular formula is C13H30N2O3Si. The molecule has 0 radical (unpaired) electrons. The van der Waals surface area contributed by atoms with Gasteiger partial charge in [-0.1, -0.05) is 19.6 Å². The van der Waals surface area contributed by atoms with Crippen LogP contribution in [0.5, 0.6) is 0 Å². The molecule has 0 rings (SSSR count). The van der Waals surface area contributed by atoms with Gasteiger partial charge in [-0.3, -0.25) is 0 Å². The first-order chi connectivity index (χ1) is 8.53. The van der Waals surface area contributed by atoms with E-state index in [0.717, 1.165) is 6.04 Å². The van der Waals surface area contributed by atoms with E-state index in [1.165, 1.54) is 0 Å². The zero-order chi connectivity index (χ0) is 15.1. The van der Waals surface area contributed by atoms with Crippen LogP contribution in [-0.4, -0.2) is 45.6 Å². The molecule has 0 aromatic rings. The molecule has 1 amide bonds. The topological polar surface area (TPSA) is 73.6 Å². The number of amides is 1. The Hall–Kier alpha value is -0.593. The second-order valence-electron chi connectivity index (χ2n) is 6.95. The lowest BCUT2D eigenvalue weighted by Crippen LogP contribution is -2.45. The van der Waals surface area contributed by atoms with Crippen molar-refractivity contribution in [2.24, 2.45) is 5.73 Å². The van der Waals surface area contributed by atoms with Crippen molar-refractivity contribution < 1.29 is 14.3 Å². The molecule has 0 heterocycles. The fourth-order valence-electron chi connectivity index (χ4n) is 1.18. The van der Waals surface area contributed by atoms with Crippen LogP contribution in [-0.2, 0) is 9.47 Å². The highest BCUT2D eigenvalue weighted by molar-refractivity contribution is 6.76. The average molecular weight is 290 g/mol. The standard InChI is InChI=1S/C13H30N2O3Si/c1-13(2,3)18-10-11(9-14)15-12(16)17-7-8-19(4,5)6/h11H,7-10,14H2,1-6H3,(H,15,16). The number of hydrogen-bond donors (Lipinski definition) is 2. The van der Waals surface area contributed by atoms with E-state index in [9.17, 15) is 4.79 Å². The summed E-state index contributed by atoms with van der Waals surface area (Å²) in [4.78, 5) is 11.6. The van der Waals surface area contributed by atoms with Gasteiger partial charge in [0.1, 0.15) is 0 Å². The molecule has 6 heteroatoms. The molecule has 1 atom stereocenters. The van der Waals surface area contributed by atoms with E-state index < -0.39 is 14.2 Å². The monoisotopic (exact) mass is 290 g/mol. The number of nitrogens with two attached hydrogens (primary N) is 1. The van der Waals surface area contributed by atoms with Crippen molar-refractivity contribution in [3.8, 4) is 0 Å². The van der Waals surface area contributed by atoms with Crippen molar-refractivity contribution in [1.82, 2.24) is 5.32 Å². The maximum absolute atomic E-state index is 11.6. The van der Waals surface area contributed by atoms with Crippen LogP contribution < -0.4 is 11.1 Å². The van der Waals surface area contributed by atoms with Crippen LogP contribution in [0.2, 0.25) is 25.7 Å². The Bertz CT molecular complexity index is 272. The summed E-state index contributed by atoms with van der Waals surface area (Å²) in [6.07, 6.45) is -0.411. The fourth-order valence-corrected chi connectivity index (χ4v) is 1.89. The molecule has 0 aliphatic carbocycles. The van der Waals surface area contributed by atoms with Gasteiger partial charge in [0.05, 0.1) is 24.9 Å². The minimum atomic E-state index is -1.17. The fraction of sp³-hybridized carbons (Fsp3) is 0.923. The Morgan fingerprint density at radius 3 is 2.32 bits per heavy atom. The number of carbonyl (C=O) groups is 1. The smallest absolute Gasteiger partial charge is 0.407 e. The van der Waals surface area contributed by atoms with Gasteiger partial charge in [-0.2, -0.15) is 0 Å². The van der Waals surface area contributed by atoms with E-state index in [1.54, 1.807) is 0 Å². The first-order valence-electron chi connectivity index (χ1n) is 6.81. The van der Waals surface area contributed by atoms with Gasteiger partial charge in [-0.25, -0.2) is 4.79 Å². The number of hydrogen-bond acceptors (Lipinski definition) is 4. The molecule has 1 unspecified atom stereocenters. The summed E-state index contributed by atoms with van der Waals surface area (Å²) in [5, 5.41) is 2.73. The van der Waals surface area contributed by atoms with Gasteiger partial charge >= 0.3 is 6.09 Å². The van der Waals surface area contributed by atoms with E-state index in [1.807, 2.05) is 20.8 Å². The highest BCUT2D eigenvalue weighted by Gasteiger charge is 2.18. The molecule has 114 valence electrons. The number of rotatable bonds is 7. The third-order valence-electron chi connectivity index (χ3n) is 2.41. The molecule has 0 saturated heterocycles. The van der Waals surface area contributed by atoms with Crippen LogP contribution in [0.4, 0.5) is 4.79 Å². The van der Waals surface area contributed by atoms with E-state index in [-0.39, 0.29) is 11.6 Å². The lowest BCUT2D eigenvalue weighted by molar-refractivity contribution is -0.0133. The molecule has 0 spiro atoms. The van der Waals surface area contributed by atoms with Gasteiger partial charge in [-0.05, 0) is 26.8 Å². The van der Waals surface area contributed by atoms with Crippen LogP contribution in [0.3, 0.4) is 0 Å². The van der Waals surface area contributed by atoms with Crippen LogP contribution in [0, 0.1) is 0 Å². The van der Waals surface area contributed by atoms with Crippen molar-refractivity contribution in [3.05, 3.63) is 0 Å². The van der Waals surface area contributed by atoms with Crippen molar-refractivity contribution in [3.63, 3.8) is 0 Å². The van der Waals surface area contributed by atoms with Gasteiger partial charge < -0.3 is 20.5 Å². The predicted octanol–water partition coefficient (Wildman–Crippen LogP) is 2.19. The molecule has 0 aliphatic heterocycles.